The highest BCUT2D eigenvalue weighted by molar-refractivity contribution is 8.03. The Labute approximate surface area is 154 Å². The van der Waals surface area contributed by atoms with Crippen molar-refractivity contribution in [3.8, 4) is 0 Å². The van der Waals surface area contributed by atoms with Gasteiger partial charge in [-0.15, -0.1) is 11.8 Å². The summed E-state index contributed by atoms with van der Waals surface area (Å²) >= 11 is 1.40. The Bertz CT molecular complexity index is 719. The number of guanidine groups is 1. The highest BCUT2D eigenvalue weighted by Gasteiger charge is 2.60. The van der Waals surface area contributed by atoms with Crippen LogP contribution in [0.1, 0.15) is 20.8 Å². The van der Waals surface area contributed by atoms with Gasteiger partial charge in [0.05, 0.1) is 24.6 Å². The largest absolute Gasteiger partial charge is 0.477 e. The van der Waals surface area contributed by atoms with Crippen LogP contribution in [0, 0.1) is 11.8 Å². The van der Waals surface area contributed by atoms with Gasteiger partial charge in [-0.2, -0.15) is 0 Å². The maximum Gasteiger partial charge on any atom is 0.353 e. The number of carboxylic acid groups (broad SMARTS) is 1. The molecule has 1 saturated heterocycles. The molecule has 3 rings (SSSR count). The molecule has 0 aromatic heterocycles. The van der Waals surface area contributed by atoms with Crippen molar-refractivity contribution in [2.24, 2.45) is 16.8 Å². The van der Waals surface area contributed by atoms with Crippen molar-refractivity contribution >= 4 is 35.5 Å². The number of hydrogen-bond donors (Lipinski definition) is 4. The van der Waals surface area contributed by atoms with Gasteiger partial charge < -0.3 is 20.4 Å². The summed E-state index contributed by atoms with van der Waals surface area (Å²) in [5, 5.41) is 25.1. The fraction of sp³-hybridized carbons (Fsp3) is 0.625. The lowest BCUT2D eigenvalue weighted by atomic mass is 9.79. The first-order valence-electron chi connectivity index (χ1n) is 8.43. The van der Waals surface area contributed by atoms with Crippen LogP contribution in [0.2, 0.25) is 0 Å². The summed E-state index contributed by atoms with van der Waals surface area (Å²) in [6.45, 7) is 5.79. The Kier molecular flexibility index (Phi) is 4.98. The lowest BCUT2D eigenvalue weighted by molar-refractivity contribution is -0.163. The first-order valence-corrected chi connectivity index (χ1v) is 9.31. The molecule has 26 heavy (non-hydrogen) atoms. The molecular weight excluding hydrogens is 360 g/mol. The van der Waals surface area contributed by atoms with Gasteiger partial charge in [-0.25, -0.2) is 4.79 Å². The molecule has 142 valence electrons. The van der Waals surface area contributed by atoms with E-state index in [-0.39, 0.29) is 34.7 Å². The van der Waals surface area contributed by atoms with Gasteiger partial charge in [0, 0.05) is 29.5 Å². The van der Waals surface area contributed by atoms with Gasteiger partial charge in [-0.1, -0.05) is 6.92 Å². The summed E-state index contributed by atoms with van der Waals surface area (Å²) in [5.74, 6) is -2.00. The standard InChI is InChI=1S/C16H22N4O5S/c1-6-11-10(7(2)21)14(23)20(11)12(15(24)25)13(6)26-9-4-17-16(18-5-9)19-8(3)22/h6-7,9-11,21H,4-5H2,1-3H3,(H,24,25)(H2,17,18,19,22)/t6?,7-,10-,11?/m1/s1. The molecule has 2 amide bonds. The minimum atomic E-state index is -1.13. The van der Waals surface area contributed by atoms with Crippen molar-refractivity contribution in [2.75, 3.05) is 13.1 Å². The van der Waals surface area contributed by atoms with E-state index in [0.717, 1.165) is 0 Å². The number of aliphatic carboxylic acids is 1. The van der Waals surface area contributed by atoms with E-state index in [2.05, 4.69) is 15.6 Å². The number of aliphatic hydroxyl groups excluding tert-OH is 1. The van der Waals surface area contributed by atoms with Crippen molar-refractivity contribution in [1.29, 1.82) is 0 Å². The number of nitrogens with zero attached hydrogens (tertiary/aromatic N) is 2. The molecule has 1 fully saturated rings. The number of fused-ring (bicyclic) bond motifs is 1. The van der Waals surface area contributed by atoms with Gasteiger partial charge in [0.15, 0.2) is 5.96 Å². The average molecular weight is 382 g/mol. The van der Waals surface area contributed by atoms with Crippen LogP contribution in [0.3, 0.4) is 0 Å². The zero-order valence-electron chi connectivity index (χ0n) is 14.7. The molecule has 0 saturated carbocycles. The fourth-order valence-electron chi connectivity index (χ4n) is 3.71. The third kappa shape index (κ3) is 3.07. The Balaban J connectivity index is 1.77. The van der Waals surface area contributed by atoms with Gasteiger partial charge in [-0.3, -0.25) is 19.9 Å². The highest BCUT2D eigenvalue weighted by Crippen LogP contribution is 2.51. The quantitative estimate of drug-likeness (QED) is 0.475. The van der Waals surface area contributed by atoms with Crippen LogP contribution in [0.5, 0.6) is 0 Å². The van der Waals surface area contributed by atoms with Gasteiger partial charge >= 0.3 is 5.97 Å². The zero-order chi connectivity index (χ0) is 19.2. The highest BCUT2D eigenvalue weighted by atomic mass is 32.2. The molecule has 0 aliphatic carbocycles. The molecule has 0 spiro atoms. The van der Waals surface area contributed by atoms with Crippen molar-refractivity contribution in [3.63, 3.8) is 0 Å². The van der Waals surface area contributed by atoms with Crippen molar-refractivity contribution in [1.82, 2.24) is 15.5 Å². The smallest absolute Gasteiger partial charge is 0.353 e. The van der Waals surface area contributed by atoms with E-state index in [9.17, 15) is 24.6 Å². The van der Waals surface area contributed by atoms with E-state index in [0.29, 0.717) is 24.0 Å². The van der Waals surface area contributed by atoms with Crippen LogP contribution in [0.25, 0.3) is 0 Å². The number of hydrogen-bond acceptors (Lipinski definition) is 7. The topological polar surface area (TPSA) is 131 Å². The van der Waals surface area contributed by atoms with Gasteiger partial charge in [0.25, 0.3) is 0 Å². The Morgan fingerprint density at radius 2 is 2.15 bits per heavy atom. The Morgan fingerprint density at radius 1 is 1.46 bits per heavy atom. The van der Waals surface area contributed by atoms with E-state index in [1.165, 1.54) is 23.6 Å². The molecule has 3 heterocycles. The SMILES string of the molecule is CC(=O)NC1=NCC(SC2=C(C(=O)O)N3C(=O)[C@H]([C@@H](C)O)C3C2C)CN1. The predicted molar refractivity (Wildman–Crippen MR) is 95.1 cm³/mol. The number of β-lactam (4-membered cyclic amide) rings is 1. The number of nitrogens with one attached hydrogen (secondary N) is 2. The van der Waals surface area contributed by atoms with Crippen molar-refractivity contribution < 1.29 is 24.6 Å². The van der Waals surface area contributed by atoms with Crippen LogP contribution in [-0.2, 0) is 14.4 Å². The molecule has 3 aliphatic rings. The number of aliphatic hydroxyl groups is 1. The van der Waals surface area contributed by atoms with E-state index < -0.39 is 18.0 Å². The van der Waals surface area contributed by atoms with Crippen LogP contribution in [0.15, 0.2) is 15.6 Å². The molecule has 4 N–H and O–H groups in total. The monoisotopic (exact) mass is 382 g/mol. The Morgan fingerprint density at radius 3 is 2.65 bits per heavy atom. The Hall–Kier alpha value is -2.07. The zero-order valence-corrected chi connectivity index (χ0v) is 15.5. The van der Waals surface area contributed by atoms with Crippen LogP contribution >= 0.6 is 11.8 Å². The number of thioether (sulfide) groups is 1. The summed E-state index contributed by atoms with van der Waals surface area (Å²) < 4.78 is 0. The number of amides is 2. The molecule has 3 unspecified atom stereocenters. The number of aliphatic imine (C=N–C) groups is 1. The minimum absolute atomic E-state index is 0.0156. The van der Waals surface area contributed by atoms with Gasteiger partial charge in [0.1, 0.15) is 5.70 Å². The average Bonchev–Trinajstić information content (AvgIpc) is 2.78. The summed E-state index contributed by atoms with van der Waals surface area (Å²) in [6, 6.07) is -0.314. The summed E-state index contributed by atoms with van der Waals surface area (Å²) in [6.07, 6.45) is -0.813. The van der Waals surface area contributed by atoms with E-state index in [1.807, 2.05) is 6.92 Å². The van der Waals surface area contributed by atoms with E-state index in [1.54, 1.807) is 6.92 Å². The second kappa shape index (κ2) is 6.92. The number of carbonyl (C=O) groups is 3. The second-order valence-corrected chi connectivity index (χ2v) is 8.11. The number of carboxylic acids is 1. The van der Waals surface area contributed by atoms with Gasteiger partial charge in [-0.05, 0) is 6.92 Å². The molecule has 0 bridgehead atoms. The maximum absolute atomic E-state index is 12.3. The fourth-order valence-corrected chi connectivity index (χ4v) is 5.04. The summed E-state index contributed by atoms with van der Waals surface area (Å²) in [4.78, 5) is 41.4. The first kappa shape index (κ1) is 18.7. The first-order chi connectivity index (χ1) is 12.2. The summed E-state index contributed by atoms with van der Waals surface area (Å²) in [7, 11) is 0. The summed E-state index contributed by atoms with van der Waals surface area (Å²) in [5.41, 5.74) is 0.0195. The van der Waals surface area contributed by atoms with E-state index in [4.69, 9.17) is 0 Å². The number of rotatable bonds is 4. The van der Waals surface area contributed by atoms with Crippen LogP contribution < -0.4 is 10.6 Å². The third-order valence-corrected chi connectivity index (χ3v) is 6.32. The molecule has 9 nitrogen and oxygen atoms in total. The molecule has 10 heteroatoms. The lowest BCUT2D eigenvalue weighted by Crippen LogP contribution is -2.63. The van der Waals surface area contributed by atoms with Crippen LogP contribution in [-0.4, -0.2) is 69.3 Å². The molecule has 3 aliphatic heterocycles. The van der Waals surface area contributed by atoms with Crippen molar-refractivity contribution in [2.45, 2.75) is 38.2 Å². The third-order valence-electron chi connectivity index (χ3n) is 4.85. The van der Waals surface area contributed by atoms with E-state index >= 15 is 0 Å². The normalized spacial score (nSPS) is 31.6. The predicted octanol–water partition coefficient (Wildman–Crippen LogP) is -0.663. The maximum atomic E-state index is 12.3. The molecule has 5 atom stereocenters. The molecule has 0 aromatic rings. The van der Waals surface area contributed by atoms with Crippen molar-refractivity contribution in [3.05, 3.63) is 10.6 Å². The van der Waals surface area contributed by atoms with Crippen LogP contribution in [0.4, 0.5) is 0 Å². The lowest BCUT2D eigenvalue weighted by Gasteiger charge is -2.46. The molecular formula is C16H22N4O5S. The molecule has 0 radical (unpaired) electrons. The number of carbonyl (C=O) groups excluding carboxylic acids is 2. The minimum Gasteiger partial charge on any atom is -0.477 e. The molecule has 0 aromatic carbocycles. The van der Waals surface area contributed by atoms with Gasteiger partial charge in [0.2, 0.25) is 11.8 Å². The second-order valence-electron chi connectivity index (χ2n) is 6.76.